The number of halogens is 1. The Hall–Kier alpha value is -2.28. The average molecular weight is 405 g/mol. The van der Waals surface area contributed by atoms with E-state index in [1.54, 1.807) is 12.4 Å². The van der Waals surface area contributed by atoms with Gasteiger partial charge in [0.25, 0.3) is 0 Å². The largest absolute Gasteiger partial charge is 0.443 e. The number of rotatable bonds is 5. The van der Waals surface area contributed by atoms with Crippen LogP contribution in [-0.2, 0) is 12.0 Å². The van der Waals surface area contributed by atoms with Gasteiger partial charge >= 0.3 is 0 Å². The number of oxazole rings is 1. The number of aliphatic imine (C=N–C) groups is 1. The van der Waals surface area contributed by atoms with Gasteiger partial charge in [-0.2, -0.15) is 0 Å². The Morgan fingerprint density at radius 2 is 2.21 bits per heavy atom. The van der Waals surface area contributed by atoms with Crippen LogP contribution in [0.3, 0.4) is 0 Å². The number of hydrogen-bond acceptors (Lipinski definition) is 5. The van der Waals surface area contributed by atoms with E-state index in [4.69, 9.17) is 16.0 Å². The molecular weight excluding hydrogens is 376 g/mol. The molecule has 8 heteroatoms. The lowest BCUT2D eigenvalue weighted by Crippen LogP contribution is -2.44. The highest BCUT2D eigenvalue weighted by Gasteiger charge is 2.25. The monoisotopic (exact) mass is 404 g/mol. The van der Waals surface area contributed by atoms with Gasteiger partial charge in [0.15, 0.2) is 5.96 Å². The van der Waals surface area contributed by atoms with Crippen LogP contribution in [0, 0.1) is 0 Å². The Morgan fingerprint density at radius 3 is 2.89 bits per heavy atom. The van der Waals surface area contributed by atoms with Gasteiger partial charge in [-0.3, -0.25) is 0 Å². The first kappa shape index (κ1) is 20.5. The van der Waals surface area contributed by atoms with Gasteiger partial charge in [-0.25, -0.2) is 15.0 Å². The Bertz CT molecular complexity index is 813. The smallest absolute Gasteiger partial charge is 0.216 e. The van der Waals surface area contributed by atoms with Gasteiger partial charge in [-0.1, -0.05) is 32.4 Å². The van der Waals surface area contributed by atoms with Gasteiger partial charge in [0.2, 0.25) is 5.89 Å². The normalized spacial score (nSPS) is 17.8. The van der Waals surface area contributed by atoms with Gasteiger partial charge in [0, 0.05) is 37.3 Å². The van der Waals surface area contributed by atoms with Crippen LogP contribution in [0.15, 0.2) is 33.9 Å². The molecule has 28 heavy (non-hydrogen) atoms. The molecule has 3 heterocycles. The molecule has 0 bridgehead atoms. The van der Waals surface area contributed by atoms with E-state index in [0.717, 1.165) is 43.6 Å². The summed E-state index contributed by atoms with van der Waals surface area (Å²) in [5.41, 5.74) is -0.0578. The summed E-state index contributed by atoms with van der Waals surface area (Å²) in [4.78, 5) is 15.6. The zero-order valence-electron chi connectivity index (χ0n) is 17.0. The molecule has 2 N–H and O–H groups in total. The molecule has 1 saturated heterocycles. The maximum Gasteiger partial charge on any atom is 0.216 e. The first-order chi connectivity index (χ1) is 13.4. The molecule has 0 saturated carbocycles. The fraction of sp³-hybridized carbons (Fsp3) is 0.550. The highest BCUT2D eigenvalue weighted by Crippen LogP contribution is 2.26. The predicted octanol–water partition coefficient (Wildman–Crippen LogP) is 3.35. The standard InChI is InChI=1S/C20H29ClN6O/c1-5-22-19(25-12-17-24-11-16(28-17)20(2,3)4)26-14-8-10-27(13-14)18-15(21)7-6-9-23-18/h6-7,9,11,14H,5,8,10,12-13H2,1-4H3,(H2,22,25,26). The SMILES string of the molecule is CCNC(=NCc1ncc(C(C)(C)C)o1)NC1CCN(c2ncccc2Cl)C1. The van der Waals surface area contributed by atoms with E-state index in [2.05, 4.69) is 58.2 Å². The van der Waals surface area contributed by atoms with Crippen molar-refractivity contribution in [2.24, 2.45) is 4.99 Å². The van der Waals surface area contributed by atoms with Gasteiger partial charge in [0.05, 0.1) is 11.2 Å². The number of nitrogens with zero attached hydrogens (tertiary/aromatic N) is 4. The molecule has 7 nitrogen and oxygen atoms in total. The lowest BCUT2D eigenvalue weighted by Gasteiger charge is -2.20. The predicted molar refractivity (Wildman–Crippen MR) is 113 cm³/mol. The van der Waals surface area contributed by atoms with Crippen LogP contribution in [0.25, 0.3) is 0 Å². The zero-order chi connectivity index (χ0) is 20.1. The van der Waals surface area contributed by atoms with Crippen LogP contribution in [0.2, 0.25) is 5.02 Å². The zero-order valence-corrected chi connectivity index (χ0v) is 17.8. The minimum atomic E-state index is -0.0578. The Kier molecular flexibility index (Phi) is 6.44. The molecule has 0 radical (unpaired) electrons. The summed E-state index contributed by atoms with van der Waals surface area (Å²) in [6.07, 6.45) is 4.55. The van der Waals surface area contributed by atoms with Crippen LogP contribution in [0.5, 0.6) is 0 Å². The molecule has 1 atom stereocenters. The third-order valence-corrected chi connectivity index (χ3v) is 4.87. The molecular formula is C20H29ClN6O. The van der Waals surface area contributed by atoms with Crippen LogP contribution >= 0.6 is 11.6 Å². The maximum atomic E-state index is 6.28. The summed E-state index contributed by atoms with van der Waals surface area (Å²) in [5, 5.41) is 7.47. The highest BCUT2D eigenvalue weighted by molar-refractivity contribution is 6.32. The van der Waals surface area contributed by atoms with Crippen LogP contribution < -0.4 is 15.5 Å². The van der Waals surface area contributed by atoms with Crippen LogP contribution in [0.1, 0.15) is 45.8 Å². The molecule has 0 aliphatic carbocycles. The first-order valence-corrected chi connectivity index (χ1v) is 10.1. The van der Waals surface area contributed by atoms with E-state index in [1.165, 1.54) is 0 Å². The van der Waals surface area contributed by atoms with E-state index in [9.17, 15) is 0 Å². The van der Waals surface area contributed by atoms with Gasteiger partial charge in [-0.15, -0.1) is 0 Å². The summed E-state index contributed by atoms with van der Waals surface area (Å²) < 4.78 is 5.83. The van der Waals surface area contributed by atoms with Crippen molar-refractivity contribution in [3.63, 3.8) is 0 Å². The van der Waals surface area contributed by atoms with Crippen molar-refractivity contribution in [3.05, 3.63) is 41.2 Å². The summed E-state index contributed by atoms with van der Waals surface area (Å²) in [6, 6.07) is 3.99. The van der Waals surface area contributed by atoms with Gasteiger partial charge in [0.1, 0.15) is 18.1 Å². The molecule has 152 valence electrons. The molecule has 1 unspecified atom stereocenters. The molecule has 3 rings (SSSR count). The van der Waals surface area contributed by atoms with Gasteiger partial charge in [-0.05, 0) is 25.5 Å². The van der Waals surface area contributed by atoms with Crippen molar-refractivity contribution >= 4 is 23.4 Å². The van der Waals surface area contributed by atoms with Crippen LogP contribution in [-0.4, -0.2) is 41.6 Å². The van der Waals surface area contributed by atoms with Crippen molar-refractivity contribution in [2.75, 3.05) is 24.5 Å². The van der Waals surface area contributed by atoms with Crippen molar-refractivity contribution in [1.29, 1.82) is 0 Å². The first-order valence-electron chi connectivity index (χ1n) is 9.72. The fourth-order valence-corrected chi connectivity index (χ4v) is 3.31. The van der Waals surface area contributed by atoms with E-state index in [-0.39, 0.29) is 11.5 Å². The third-order valence-electron chi connectivity index (χ3n) is 4.58. The van der Waals surface area contributed by atoms with E-state index in [0.29, 0.717) is 17.5 Å². The average Bonchev–Trinajstić information content (AvgIpc) is 3.29. The highest BCUT2D eigenvalue weighted by atomic mass is 35.5. The molecule has 1 fully saturated rings. The number of anilines is 1. The number of nitrogens with one attached hydrogen (secondary N) is 2. The Morgan fingerprint density at radius 1 is 1.39 bits per heavy atom. The second-order valence-corrected chi connectivity index (χ2v) is 8.36. The van der Waals surface area contributed by atoms with Crippen molar-refractivity contribution in [1.82, 2.24) is 20.6 Å². The quantitative estimate of drug-likeness (QED) is 0.587. The summed E-state index contributed by atoms with van der Waals surface area (Å²) in [6.45, 7) is 11.3. The Balaban J connectivity index is 1.61. The molecule has 2 aromatic heterocycles. The second-order valence-electron chi connectivity index (χ2n) is 7.95. The number of hydrogen-bond donors (Lipinski definition) is 2. The maximum absolute atomic E-state index is 6.28. The second kappa shape index (κ2) is 8.82. The Labute approximate surface area is 171 Å². The number of pyridine rings is 1. The molecule has 1 aliphatic heterocycles. The van der Waals surface area contributed by atoms with Crippen molar-refractivity contribution in [2.45, 2.75) is 52.1 Å². The molecule has 1 aliphatic rings. The lowest BCUT2D eigenvalue weighted by molar-refractivity contribution is 0.383. The lowest BCUT2D eigenvalue weighted by atomic mass is 9.94. The molecule has 0 amide bonds. The van der Waals surface area contributed by atoms with E-state index in [1.807, 2.05) is 12.1 Å². The van der Waals surface area contributed by atoms with Crippen molar-refractivity contribution in [3.8, 4) is 0 Å². The third kappa shape index (κ3) is 5.16. The molecule has 2 aromatic rings. The number of aromatic nitrogens is 2. The van der Waals surface area contributed by atoms with Crippen molar-refractivity contribution < 1.29 is 4.42 Å². The minimum absolute atomic E-state index is 0.0578. The number of guanidine groups is 1. The molecule has 0 spiro atoms. The summed E-state index contributed by atoms with van der Waals surface area (Å²) in [7, 11) is 0. The molecule has 0 aromatic carbocycles. The van der Waals surface area contributed by atoms with Crippen LogP contribution in [0.4, 0.5) is 5.82 Å². The summed E-state index contributed by atoms with van der Waals surface area (Å²) >= 11 is 6.28. The minimum Gasteiger partial charge on any atom is -0.443 e. The van der Waals surface area contributed by atoms with Gasteiger partial charge < -0.3 is 20.0 Å². The van der Waals surface area contributed by atoms with E-state index >= 15 is 0 Å². The fourth-order valence-electron chi connectivity index (χ4n) is 3.07. The summed E-state index contributed by atoms with van der Waals surface area (Å²) in [5.74, 6) is 3.09. The topological polar surface area (TPSA) is 78.6 Å². The van der Waals surface area contributed by atoms with E-state index < -0.39 is 0 Å².